The number of carbonyl (C=O) groups is 3. The van der Waals surface area contributed by atoms with Crippen molar-refractivity contribution in [2.75, 3.05) is 19.8 Å². The number of non-ortho nitro benzene ring substituents is 1. The first-order valence-corrected chi connectivity index (χ1v) is 10.6. The van der Waals surface area contributed by atoms with Crippen molar-refractivity contribution < 1.29 is 24.0 Å². The third-order valence-electron chi connectivity index (χ3n) is 4.93. The van der Waals surface area contributed by atoms with Crippen LogP contribution in [-0.2, 0) is 16.1 Å². The van der Waals surface area contributed by atoms with Gasteiger partial charge in [0.25, 0.3) is 23.4 Å². The Bertz CT molecular complexity index is 1290. The topological polar surface area (TPSA) is 124 Å². The highest BCUT2D eigenvalue weighted by Gasteiger charge is 2.36. The number of ether oxygens (including phenoxy) is 1. The van der Waals surface area contributed by atoms with Gasteiger partial charge in [-0.1, -0.05) is 23.5 Å². The summed E-state index contributed by atoms with van der Waals surface area (Å²) < 4.78 is 7.72. The molecule has 0 radical (unpaired) electrons. The molecule has 2 aromatic carbocycles. The van der Waals surface area contributed by atoms with E-state index in [0.717, 1.165) is 16.2 Å². The summed E-state index contributed by atoms with van der Waals surface area (Å²) in [5.41, 5.74) is 1.12. The molecule has 1 aromatic heterocycles. The van der Waals surface area contributed by atoms with E-state index in [1.807, 2.05) is 6.92 Å². The Morgan fingerprint density at radius 3 is 2.47 bits per heavy atom. The second-order valence-corrected chi connectivity index (χ2v) is 7.90. The van der Waals surface area contributed by atoms with Crippen LogP contribution in [0.1, 0.15) is 27.6 Å². The number of nitro groups is 1. The van der Waals surface area contributed by atoms with Crippen LogP contribution >= 0.6 is 11.3 Å². The minimum atomic E-state index is -0.675. The Balaban J connectivity index is 1.67. The zero-order valence-electron chi connectivity index (χ0n) is 17.0. The molecule has 0 fully saturated rings. The van der Waals surface area contributed by atoms with Gasteiger partial charge in [0.15, 0.2) is 4.80 Å². The van der Waals surface area contributed by atoms with E-state index in [1.54, 1.807) is 22.8 Å². The molecule has 4 rings (SSSR count). The molecule has 0 N–H and O–H groups in total. The molecule has 32 heavy (non-hydrogen) atoms. The number of thiazole rings is 1. The summed E-state index contributed by atoms with van der Waals surface area (Å²) in [6.45, 7) is 2.62. The van der Waals surface area contributed by atoms with Crippen LogP contribution in [0.3, 0.4) is 0 Å². The fraction of sp³-hybridized carbons (Fsp3) is 0.238. The highest BCUT2D eigenvalue weighted by Crippen LogP contribution is 2.24. The number of imide groups is 1. The van der Waals surface area contributed by atoms with Crippen LogP contribution in [0.2, 0.25) is 0 Å². The van der Waals surface area contributed by atoms with Gasteiger partial charge in [-0.25, -0.2) is 0 Å². The van der Waals surface area contributed by atoms with Crippen molar-refractivity contribution in [1.82, 2.24) is 9.47 Å². The van der Waals surface area contributed by atoms with Crippen LogP contribution < -0.4 is 4.80 Å². The van der Waals surface area contributed by atoms with Gasteiger partial charge < -0.3 is 9.30 Å². The molecule has 0 spiro atoms. The Kier molecular flexibility index (Phi) is 5.93. The van der Waals surface area contributed by atoms with Crippen LogP contribution in [0.15, 0.2) is 47.5 Å². The van der Waals surface area contributed by atoms with Crippen LogP contribution in [-0.4, -0.2) is 51.9 Å². The average Bonchev–Trinajstić information content (AvgIpc) is 3.23. The number of aromatic nitrogens is 1. The molecular weight excluding hydrogens is 436 g/mol. The van der Waals surface area contributed by atoms with Crippen molar-refractivity contribution in [1.29, 1.82) is 0 Å². The Labute approximate surface area is 185 Å². The highest BCUT2D eigenvalue weighted by atomic mass is 32.1. The van der Waals surface area contributed by atoms with E-state index in [4.69, 9.17) is 4.74 Å². The van der Waals surface area contributed by atoms with E-state index >= 15 is 0 Å². The minimum Gasteiger partial charge on any atom is -0.380 e. The second kappa shape index (κ2) is 8.81. The number of nitro benzene ring substituents is 1. The van der Waals surface area contributed by atoms with Crippen molar-refractivity contribution in [2.24, 2.45) is 4.99 Å². The molecular formula is C21H18N4O6S. The summed E-state index contributed by atoms with van der Waals surface area (Å²) >= 11 is 1.12. The summed E-state index contributed by atoms with van der Waals surface area (Å²) in [5.74, 6) is -1.75. The third-order valence-corrected chi connectivity index (χ3v) is 5.97. The number of carbonyl (C=O) groups excluding carboxylic acids is 3. The molecule has 0 unspecified atom stereocenters. The maximum atomic E-state index is 12.7. The van der Waals surface area contributed by atoms with E-state index in [-0.39, 0.29) is 16.8 Å². The van der Waals surface area contributed by atoms with Crippen molar-refractivity contribution >= 4 is 45.0 Å². The molecule has 0 atom stereocenters. The summed E-state index contributed by atoms with van der Waals surface area (Å²) in [7, 11) is 0. The Morgan fingerprint density at radius 1 is 1.16 bits per heavy atom. The van der Waals surface area contributed by atoms with E-state index in [0.29, 0.717) is 34.8 Å². The zero-order chi connectivity index (χ0) is 22.8. The molecule has 3 amide bonds. The minimum absolute atomic E-state index is 0.0698. The number of rotatable bonds is 7. The number of benzene rings is 2. The number of hydrogen-bond acceptors (Lipinski definition) is 7. The van der Waals surface area contributed by atoms with Gasteiger partial charge in [0.2, 0.25) is 0 Å². The van der Waals surface area contributed by atoms with Gasteiger partial charge in [-0.15, -0.1) is 0 Å². The lowest BCUT2D eigenvalue weighted by molar-refractivity contribution is -0.384. The number of hydrogen-bond donors (Lipinski definition) is 0. The van der Waals surface area contributed by atoms with Crippen molar-refractivity contribution in [3.8, 4) is 0 Å². The van der Waals surface area contributed by atoms with Gasteiger partial charge in [-0.05, 0) is 25.1 Å². The maximum absolute atomic E-state index is 12.7. The quantitative estimate of drug-likeness (QED) is 0.234. The summed E-state index contributed by atoms with van der Waals surface area (Å²) in [4.78, 5) is 53.6. The van der Waals surface area contributed by atoms with Gasteiger partial charge in [-0.2, -0.15) is 4.99 Å². The molecule has 164 valence electrons. The van der Waals surface area contributed by atoms with Gasteiger partial charge in [0.1, 0.15) is 6.54 Å². The first kappa shape index (κ1) is 21.5. The van der Waals surface area contributed by atoms with Crippen molar-refractivity contribution in [3.05, 3.63) is 68.5 Å². The SMILES string of the molecule is CCOCCn1c(=NC(=O)CN2C(=O)c3ccccc3C2=O)sc2cc([N+](=O)[O-])ccc21. The monoisotopic (exact) mass is 454 g/mol. The van der Waals surface area contributed by atoms with Crippen LogP contribution in [0.5, 0.6) is 0 Å². The van der Waals surface area contributed by atoms with E-state index < -0.39 is 29.2 Å². The molecule has 1 aliphatic heterocycles. The summed E-state index contributed by atoms with van der Waals surface area (Å²) in [5, 5.41) is 11.1. The Hall–Kier alpha value is -3.70. The van der Waals surface area contributed by atoms with Crippen LogP contribution in [0, 0.1) is 10.1 Å². The highest BCUT2D eigenvalue weighted by molar-refractivity contribution is 7.16. The number of amides is 3. The Morgan fingerprint density at radius 2 is 1.84 bits per heavy atom. The number of nitrogens with zero attached hydrogens (tertiary/aromatic N) is 4. The molecule has 0 bridgehead atoms. The second-order valence-electron chi connectivity index (χ2n) is 6.89. The van der Waals surface area contributed by atoms with Gasteiger partial charge in [0, 0.05) is 25.3 Å². The standard InChI is InChI=1S/C21H18N4O6S/c1-2-31-10-9-23-16-8-7-13(25(29)30)11-17(16)32-21(23)22-18(26)12-24-19(27)14-5-3-4-6-15(14)20(24)28/h3-8,11H,2,9-10,12H2,1H3. The average molecular weight is 454 g/mol. The van der Waals surface area contributed by atoms with Gasteiger partial charge >= 0.3 is 0 Å². The third kappa shape index (κ3) is 3.95. The predicted molar refractivity (Wildman–Crippen MR) is 115 cm³/mol. The molecule has 0 saturated heterocycles. The normalized spacial score (nSPS) is 13.8. The molecule has 3 aromatic rings. The molecule has 1 aliphatic rings. The van der Waals surface area contributed by atoms with E-state index in [1.165, 1.54) is 24.3 Å². The van der Waals surface area contributed by atoms with Crippen LogP contribution in [0.4, 0.5) is 5.69 Å². The maximum Gasteiger partial charge on any atom is 0.270 e. The molecule has 0 saturated carbocycles. The largest absolute Gasteiger partial charge is 0.380 e. The summed E-state index contributed by atoms with van der Waals surface area (Å²) in [6, 6.07) is 10.8. The lowest BCUT2D eigenvalue weighted by Crippen LogP contribution is -2.35. The summed E-state index contributed by atoms with van der Waals surface area (Å²) in [6.07, 6.45) is 0. The fourth-order valence-electron chi connectivity index (χ4n) is 3.44. The van der Waals surface area contributed by atoms with Crippen molar-refractivity contribution in [2.45, 2.75) is 13.5 Å². The molecule has 10 nitrogen and oxygen atoms in total. The predicted octanol–water partition coefficient (Wildman–Crippen LogP) is 2.37. The van der Waals surface area contributed by atoms with E-state index in [9.17, 15) is 24.5 Å². The smallest absolute Gasteiger partial charge is 0.270 e. The molecule has 0 aliphatic carbocycles. The van der Waals surface area contributed by atoms with Crippen molar-refractivity contribution in [3.63, 3.8) is 0 Å². The molecule has 11 heteroatoms. The van der Waals surface area contributed by atoms with Crippen LogP contribution in [0.25, 0.3) is 10.2 Å². The zero-order valence-corrected chi connectivity index (χ0v) is 17.8. The first-order valence-electron chi connectivity index (χ1n) is 9.79. The van der Waals surface area contributed by atoms with Gasteiger partial charge in [-0.3, -0.25) is 29.4 Å². The number of fused-ring (bicyclic) bond motifs is 2. The molecule has 2 heterocycles. The first-order chi connectivity index (χ1) is 15.4. The lowest BCUT2D eigenvalue weighted by Gasteiger charge is -2.10. The van der Waals surface area contributed by atoms with Gasteiger partial charge in [0.05, 0.1) is 32.9 Å². The fourth-order valence-corrected chi connectivity index (χ4v) is 4.54. The van der Waals surface area contributed by atoms with E-state index in [2.05, 4.69) is 4.99 Å². The lowest BCUT2D eigenvalue weighted by atomic mass is 10.1.